The molecule has 2 aromatic carbocycles. The molecule has 1 N–H and O–H groups in total. The van der Waals surface area contributed by atoms with Crippen LogP contribution in [0.2, 0.25) is 0 Å². The molecule has 150 valence electrons. The molecule has 6 nitrogen and oxygen atoms in total. The molecule has 0 aliphatic carbocycles. The highest BCUT2D eigenvalue weighted by molar-refractivity contribution is 7.90. The van der Waals surface area contributed by atoms with Gasteiger partial charge in [0.05, 0.1) is 10.4 Å². The molecule has 0 fully saturated rings. The van der Waals surface area contributed by atoms with Crippen LogP contribution in [0.3, 0.4) is 0 Å². The van der Waals surface area contributed by atoms with Crippen molar-refractivity contribution in [2.45, 2.75) is 31.1 Å². The Balaban J connectivity index is 1.95. The molecule has 3 rings (SSSR count). The molecule has 0 saturated carbocycles. The standard InChI is InChI=1S/C22H21NO5S/c1-16-9-13-19(14-10-16)29(27,28)23-15-17(20-6-2-3-7-21(20)23)11-12-18(24)5-4-8-22(25)26/h2-3,6-7,9-15H,4-5,8H2,1H3,(H,25,26)/b12-11+. The van der Waals surface area contributed by atoms with Crippen molar-refractivity contribution in [3.8, 4) is 0 Å². The van der Waals surface area contributed by atoms with E-state index in [2.05, 4.69) is 0 Å². The Labute approximate surface area is 169 Å². The first kappa shape index (κ1) is 20.5. The summed E-state index contributed by atoms with van der Waals surface area (Å²) in [5, 5.41) is 9.36. The summed E-state index contributed by atoms with van der Waals surface area (Å²) in [6, 6.07) is 13.7. The number of benzene rings is 2. The maximum absolute atomic E-state index is 13.1. The van der Waals surface area contributed by atoms with Crippen molar-refractivity contribution in [2.75, 3.05) is 0 Å². The molecule has 0 atom stereocenters. The van der Waals surface area contributed by atoms with Crippen molar-refractivity contribution in [1.82, 2.24) is 3.97 Å². The van der Waals surface area contributed by atoms with Gasteiger partial charge < -0.3 is 5.11 Å². The largest absolute Gasteiger partial charge is 0.481 e. The fourth-order valence-electron chi connectivity index (χ4n) is 3.01. The lowest BCUT2D eigenvalue weighted by molar-refractivity contribution is -0.137. The number of carboxylic acid groups (broad SMARTS) is 1. The number of aryl methyl sites for hydroxylation is 1. The van der Waals surface area contributed by atoms with Gasteiger partial charge in [0.2, 0.25) is 0 Å². The van der Waals surface area contributed by atoms with Gasteiger partial charge in [0.1, 0.15) is 0 Å². The van der Waals surface area contributed by atoms with Gasteiger partial charge in [-0.3, -0.25) is 9.59 Å². The summed E-state index contributed by atoms with van der Waals surface area (Å²) in [7, 11) is -3.79. The predicted molar refractivity (Wildman–Crippen MR) is 111 cm³/mol. The monoisotopic (exact) mass is 411 g/mol. The Hall–Kier alpha value is -3.19. The lowest BCUT2D eigenvalue weighted by Gasteiger charge is -2.07. The van der Waals surface area contributed by atoms with Crippen LogP contribution in [-0.2, 0) is 19.6 Å². The van der Waals surface area contributed by atoms with E-state index in [-0.39, 0.29) is 29.9 Å². The third kappa shape index (κ3) is 4.63. The fraction of sp³-hybridized carbons (Fsp3) is 0.182. The number of carboxylic acids is 1. The van der Waals surface area contributed by atoms with Gasteiger partial charge in [-0.25, -0.2) is 12.4 Å². The summed E-state index contributed by atoms with van der Waals surface area (Å²) in [4.78, 5) is 22.7. The number of para-hydroxylation sites is 1. The minimum Gasteiger partial charge on any atom is -0.481 e. The molecular weight excluding hydrogens is 390 g/mol. The minimum absolute atomic E-state index is 0.0618. The number of hydrogen-bond donors (Lipinski definition) is 1. The van der Waals surface area contributed by atoms with Crippen LogP contribution in [0.15, 0.2) is 65.7 Å². The normalized spacial score (nSPS) is 11.9. The number of carbonyl (C=O) groups is 2. The van der Waals surface area contributed by atoms with Crippen LogP contribution in [0.1, 0.15) is 30.4 Å². The van der Waals surface area contributed by atoms with E-state index in [0.29, 0.717) is 16.5 Å². The SMILES string of the molecule is Cc1ccc(S(=O)(=O)n2cc(/C=C/C(=O)CCCC(=O)O)c3ccccc32)cc1. The number of ketones is 1. The maximum atomic E-state index is 13.1. The number of fused-ring (bicyclic) bond motifs is 1. The topological polar surface area (TPSA) is 93.4 Å². The van der Waals surface area contributed by atoms with Crippen LogP contribution in [0, 0.1) is 6.92 Å². The van der Waals surface area contributed by atoms with Crippen molar-refractivity contribution in [2.24, 2.45) is 0 Å². The van der Waals surface area contributed by atoms with Gasteiger partial charge in [-0.15, -0.1) is 0 Å². The second-order valence-corrected chi connectivity index (χ2v) is 8.58. The van der Waals surface area contributed by atoms with Gasteiger partial charge in [0.25, 0.3) is 10.0 Å². The zero-order chi connectivity index (χ0) is 21.0. The molecule has 0 spiro atoms. The molecule has 29 heavy (non-hydrogen) atoms. The van der Waals surface area contributed by atoms with E-state index in [4.69, 9.17) is 5.11 Å². The van der Waals surface area contributed by atoms with Crippen LogP contribution in [-0.4, -0.2) is 29.2 Å². The highest BCUT2D eigenvalue weighted by Gasteiger charge is 2.20. The molecular formula is C22H21NO5S. The van der Waals surface area contributed by atoms with Crippen molar-refractivity contribution in [3.63, 3.8) is 0 Å². The van der Waals surface area contributed by atoms with Gasteiger partial charge in [0.15, 0.2) is 5.78 Å². The number of allylic oxidation sites excluding steroid dienone is 1. The second kappa shape index (κ2) is 8.45. The molecule has 0 bridgehead atoms. The zero-order valence-corrected chi connectivity index (χ0v) is 16.7. The highest BCUT2D eigenvalue weighted by atomic mass is 32.2. The molecule has 0 aliphatic heterocycles. The highest BCUT2D eigenvalue weighted by Crippen LogP contribution is 2.27. The summed E-state index contributed by atoms with van der Waals surface area (Å²) in [5.74, 6) is -1.14. The third-order valence-electron chi connectivity index (χ3n) is 4.55. The summed E-state index contributed by atoms with van der Waals surface area (Å²) >= 11 is 0. The van der Waals surface area contributed by atoms with E-state index >= 15 is 0 Å². The van der Waals surface area contributed by atoms with Gasteiger partial charge in [-0.1, -0.05) is 35.9 Å². The average molecular weight is 411 g/mol. The first-order valence-electron chi connectivity index (χ1n) is 9.14. The lowest BCUT2D eigenvalue weighted by atomic mass is 10.1. The van der Waals surface area contributed by atoms with Crippen molar-refractivity contribution in [3.05, 3.63) is 71.9 Å². The predicted octanol–water partition coefficient (Wildman–Crippen LogP) is 4.02. The molecule has 3 aromatic rings. The quantitative estimate of drug-likeness (QED) is 0.565. The van der Waals surface area contributed by atoms with E-state index in [9.17, 15) is 18.0 Å². The van der Waals surface area contributed by atoms with E-state index in [1.165, 1.54) is 16.2 Å². The Morgan fingerprint density at radius 2 is 1.72 bits per heavy atom. The molecule has 0 saturated heterocycles. The smallest absolute Gasteiger partial charge is 0.303 e. The summed E-state index contributed by atoms with van der Waals surface area (Å²) in [6.45, 7) is 1.89. The van der Waals surface area contributed by atoms with Gasteiger partial charge >= 0.3 is 5.97 Å². The summed E-state index contributed by atoms with van der Waals surface area (Å²) < 4.78 is 27.5. The summed E-state index contributed by atoms with van der Waals surface area (Å²) in [6.07, 6.45) is 4.78. The molecule has 1 aromatic heterocycles. The van der Waals surface area contributed by atoms with Crippen LogP contribution in [0.25, 0.3) is 17.0 Å². The Bertz CT molecular complexity index is 1190. The lowest BCUT2D eigenvalue weighted by Crippen LogP contribution is -2.11. The molecule has 7 heteroatoms. The molecule has 1 heterocycles. The maximum Gasteiger partial charge on any atom is 0.303 e. The zero-order valence-electron chi connectivity index (χ0n) is 15.9. The van der Waals surface area contributed by atoms with Crippen LogP contribution in [0.4, 0.5) is 0 Å². The molecule has 0 amide bonds. The Morgan fingerprint density at radius 1 is 1.03 bits per heavy atom. The number of rotatable bonds is 8. The van der Waals surface area contributed by atoms with Gasteiger partial charge in [-0.05, 0) is 43.7 Å². The number of nitrogens with zero attached hydrogens (tertiary/aromatic N) is 1. The molecule has 0 unspecified atom stereocenters. The van der Waals surface area contributed by atoms with E-state index < -0.39 is 16.0 Å². The molecule has 0 aliphatic rings. The van der Waals surface area contributed by atoms with Crippen LogP contribution in [0.5, 0.6) is 0 Å². The Kier molecular flexibility index (Phi) is 5.98. The fourth-order valence-corrected chi connectivity index (χ4v) is 4.39. The Morgan fingerprint density at radius 3 is 2.41 bits per heavy atom. The number of hydrogen-bond acceptors (Lipinski definition) is 4. The first-order chi connectivity index (χ1) is 13.8. The van der Waals surface area contributed by atoms with E-state index in [1.54, 1.807) is 54.6 Å². The first-order valence-corrected chi connectivity index (χ1v) is 10.6. The van der Waals surface area contributed by atoms with E-state index in [0.717, 1.165) is 5.56 Å². The van der Waals surface area contributed by atoms with Crippen LogP contribution < -0.4 is 0 Å². The number of aromatic nitrogens is 1. The van der Waals surface area contributed by atoms with Gasteiger partial charge in [0, 0.05) is 30.0 Å². The number of carbonyl (C=O) groups excluding carboxylic acids is 1. The van der Waals surface area contributed by atoms with Crippen molar-refractivity contribution < 1.29 is 23.1 Å². The summed E-state index contributed by atoms with van der Waals surface area (Å²) in [5.41, 5.74) is 2.08. The van der Waals surface area contributed by atoms with Gasteiger partial charge in [-0.2, -0.15) is 0 Å². The average Bonchev–Trinajstić information content (AvgIpc) is 3.06. The van der Waals surface area contributed by atoms with Crippen molar-refractivity contribution >= 4 is 38.8 Å². The van der Waals surface area contributed by atoms with Crippen LogP contribution >= 0.6 is 0 Å². The minimum atomic E-state index is -3.79. The van der Waals surface area contributed by atoms with E-state index in [1.807, 2.05) is 6.92 Å². The second-order valence-electron chi connectivity index (χ2n) is 6.76. The van der Waals surface area contributed by atoms with Crippen molar-refractivity contribution in [1.29, 1.82) is 0 Å². The third-order valence-corrected chi connectivity index (χ3v) is 6.24. The number of aliphatic carboxylic acids is 1. The molecule has 0 radical (unpaired) electrons.